The van der Waals surface area contributed by atoms with Gasteiger partial charge in [0, 0.05) is 18.3 Å². The maximum atomic E-state index is 10.8. The second-order valence-electron chi connectivity index (χ2n) is 3.79. The molecule has 1 aromatic heterocycles. The van der Waals surface area contributed by atoms with E-state index in [0.717, 1.165) is 6.42 Å². The molecule has 0 bridgehead atoms. The van der Waals surface area contributed by atoms with Crippen LogP contribution in [0.3, 0.4) is 0 Å². The van der Waals surface area contributed by atoms with Crippen molar-refractivity contribution in [2.24, 2.45) is 0 Å². The van der Waals surface area contributed by atoms with Crippen molar-refractivity contribution in [3.05, 3.63) is 17.5 Å². The van der Waals surface area contributed by atoms with Gasteiger partial charge < -0.3 is 15.5 Å². The van der Waals surface area contributed by atoms with Crippen LogP contribution in [0.4, 0.5) is 5.95 Å². The lowest BCUT2D eigenvalue weighted by Gasteiger charge is -2.15. The molecule has 0 fully saturated rings. The van der Waals surface area contributed by atoms with Crippen molar-refractivity contribution in [2.75, 3.05) is 11.9 Å². The third kappa shape index (κ3) is 3.99. The molecule has 1 unspecified atom stereocenters. The summed E-state index contributed by atoms with van der Waals surface area (Å²) >= 11 is 0. The smallest absolute Gasteiger partial charge is 0.354 e. The number of aryl methyl sites for hydroxylation is 1. The Morgan fingerprint density at radius 2 is 2.24 bits per heavy atom. The van der Waals surface area contributed by atoms with Crippen LogP contribution in [-0.4, -0.2) is 38.8 Å². The Labute approximate surface area is 99.7 Å². The summed E-state index contributed by atoms with van der Waals surface area (Å²) in [5, 5.41) is 20.8. The quantitative estimate of drug-likeness (QED) is 0.687. The summed E-state index contributed by atoms with van der Waals surface area (Å²) in [7, 11) is 0. The molecule has 0 saturated heterocycles. The van der Waals surface area contributed by atoms with E-state index in [4.69, 9.17) is 10.2 Å². The zero-order valence-electron chi connectivity index (χ0n) is 9.97. The molecule has 0 radical (unpaired) electrons. The fraction of sp³-hybridized carbons (Fsp3) is 0.545. The molecule has 17 heavy (non-hydrogen) atoms. The van der Waals surface area contributed by atoms with Gasteiger partial charge in [0.05, 0.1) is 0 Å². The number of aliphatic hydroxyl groups excluding tert-OH is 1. The maximum Gasteiger partial charge on any atom is 0.354 e. The fourth-order valence-electron chi connectivity index (χ4n) is 1.46. The number of carbonyl (C=O) groups is 1. The van der Waals surface area contributed by atoms with E-state index in [1.165, 1.54) is 6.07 Å². The molecule has 0 amide bonds. The lowest BCUT2D eigenvalue weighted by atomic mass is 10.2. The Morgan fingerprint density at radius 3 is 2.76 bits per heavy atom. The first-order valence-electron chi connectivity index (χ1n) is 5.53. The average Bonchev–Trinajstić information content (AvgIpc) is 2.27. The largest absolute Gasteiger partial charge is 0.477 e. The number of nitrogens with zero attached hydrogens (tertiary/aromatic N) is 2. The summed E-state index contributed by atoms with van der Waals surface area (Å²) in [6.45, 7) is 3.76. The monoisotopic (exact) mass is 239 g/mol. The van der Waals surface area contributed by atoms with E-state index in [-0.39, 0.29) is 18.3 Å². The van der Waals surface area contributed by atoms with E-state index in [0.29, 0.717) is 18.1 Å². The fourth-order valence-corrected chi connectivity index (χ4v) is 1.46. The molecular weight excluding hydrogens is 222 g/mol. The van der Waals surface area contributed by atoms with Gasteiger partial charge in [-0.15, -0.1) is 0 Å². The van der Waals surface area contributed by atoms with Crippen LogP contribution in [0.1, 0.15) is 35.9 Å². The minimum absolute atomic E-state index is 0.0288. The van der Waals surface area contributed by atoms with Gasteiger partial charge >= 0.3 is 5.97 Å². The third-order valence-corrected chi connectivity index (χ3v) is 2.38. The molecule has 0 aliphatic carbocycles. The number of aromatic carboxylic acids is 1. The molecule has 3 N–H and O–H groups in total. The third-order valence-electron chi connectivity index (χ3n) is 2.38. The van der Waals surface area contributed by atoms with Crippen LogP contribution in [0.5, 0.6) is 0 Å². The molecule has 0 saturated carbocycles. The number of carboxylic acid groups (broad SMARTS) is 1. The predicted molar refractivity (Wildman–Crippen MR) is 63.1 cm³/mol. The van der Waals surface area contributed by atoms with Crippen molar-refractivity contribution in [3.63, 3.8) is 0 Å². The SMILES string of the molecule is CCC(CCO)Nc1nc(C)cc(C(=O)O)n1. The molecule has 6 nitrogen and oxygen atoms in total. The van der Waals surface area contributed by atoms with Crippen LogP contribution in [0, 0.1) is 6.92 Å². The summed E-state index contributed by atoms with van der Waals surface area (Å²) in [5.74, 6) is -0.781. The zero-order chi connectivity index (χ0) is 12.8. The van der Waals surface area contributed by atoms with Crippen LogP contribution in [0.25, 0.3) is 0 Å². The van der Waals surface area contributed by atoms with E-state index in [1.54, 1.807) is 6.92 Å². The first-order chi connectivity index (χ1) is 8.06. The van der Waals surface area contributed by atoms with Crippen LogP contribution in [0.15, 0.2) is 6.07 Å². The van der Waals surface area contributed by atoms with Crippen molar-refractivity contribution >= 4 is 11.9 Å². The van der Waals surface area contributed by atoms with Gasteiger partial charge in [-0.25, -0.2) is 14.8 Å². The average molecular weight is 239 g/mol. The predicted octanol–water partition coefficient (Wildman–Crippen LogP) is 1.06. The number of aliphatic hydroxyl groups is 1. The van der Waals surface area contributed by atoms with E-state index < -0.39 is 5.97 Å². The first kappa shape index (κ1) is 13.4. The highest BCUT2D eigenvalue weighted by Gasteiger charge is 2.11. The normalized spacial score (nSPS) is 12.2. The maximum absolute atomic E-state index is 10.8. The Morgan fingerprint density at radius 1 is 1.53 bits per heavy atom. The molecule has 0 aromatic carbocycles. The van der Waals surface area contributed by atoms with Gasteiger partial charge in [0.1, 0.15) is 0 Å². The number of hydrogen-bond donors (Lipinski definition) is 3. The van der Waals surface area contributed by atoms with Crippen LogP contribution >= 0.6 is 0 Å². The lowest BCUT2D eigenvalue weighted by Crippen LogP contribution is -2.22. The number of hydrogen-bond acceptors (Lipinski definition) is 5. The molecule has 6 heteroatoms. The summed E-state index contributed by atoms with van der Waals surface area (Å²) in [6.07, 6.45) is 1.39. The summed E-state index contributed by atoms with van der Waals surface area (Å²) in [4.78, 5) is 18.8. The summed E-state index contributed by atoms with van der Waals surface area (Å²) in [5.41, 5.74) is 0.567. The summed E-state index contributed by atoms with van der Waals surface area (Å²) in [6, 6.07) is 1.46. The number of rotatable bonds is 6. The highest BCUT2D eigenvalue weighted by Crippen LogP contribution is 2.09. The molecule has 0 aliphatic rings. The molecular formula is C11H17N3O3. The van der Waals surface area contributed by atoms with Gasteiger partial charge in [-0.3, -0.25) is 0 Å². The Bertz CT molecular complexity index is 396. The van der Waals surface area contributed by atoms with Crippen LogP contribution in [0.2, 0.25) is 0 Å². The Balaban J connectivity index is 2.86. The molecule has 1 heterocycles. The number of carboxylic acids is 1. The second kappa shape index (κ2) is 6.15. The highest BCUT2D eigenvalue weighted by molar-refractivity contribution is 5.85. The van der Waals surface area contributed by atoms with Crippen molar-refractivity contribution in [1.29, 1.82) is 0 Å². The number of anilines is 1. The standard InChI is InChI=1S/C11H17N3O3/c1-3-8(4-5-15)13-11-12-7(2)6-9(14-11)10(16)17/h6,8,15H,3-5H2,1-2H3,(H,16,17)(H,12,13,14). The van der Waals surface area contributed by atoms with Gasteiger partial charge in [-0.2, -0.15) is 0 Å². The van der Waals surface area contributed by atoms with Gasteiger partial charge in [0.15, 0.2) is 5.69 Å². The zero-order valence-corrected chi connectivity index (χ0v) is 9.97. The van der Waals surface area contributed by atoms with Gasteiger partial charge in [0.25, 0.3) is 0 Å². The minimum atomic E-state index is -1.08. The van der Waals surface area contributed by atoms with Crippen molar-refractivity contribution in [2.45, 2.75) is 32.7 Å². The van der Waals surface area contributed by atoms with E-state index in [9.17, 15) is 4.79 Å². The molecule has 0 aliphatic heterocycles. The van der Waals surface area contributed by atoms with Crippen molar-refractivity contribution < 1.29 is 15.0 Å². The molecule has 1 rings (SSSR count). The van der Waals surface area contributed by atoms with Gasteiger partial charge in [-0.1, -0.05) is 6.92 Å². The minimum Gasteiger partial charge on any atom is -0.477 e. The van der Waals surface area contributed by atoms with Gasteiger partial charge in [0.2, 0.25) is 5.95 Å². The summed E-state index contributed by atoms with van der Waals surface area (Å²) < 4.78 is 0. The molecule has 94 valence electrons. The Kier molecular flexibility index (Phi) is 4.84. The van der Waals surface area contributed by atoms with E-state index >= 15 is 0 Å². The van der Waals surface area contributed by atoms with E-state index in [1.807, 2.05) is 6.92 Å². The van der Waals surface area contributed by atoms with E-state index in [2.05, 4.69) is 15.3 Å². The van der Waals surface area contributed by atoms with Crippen LogP contribution < -0.4 is 5.32 Å². The highest BCUT2D eigenvalue weighted by atomic mass is 16.4. The molecule has 1 atom stereocenters. The topological polar surface area (TPSA) is 95.3 Å². The number of aromatic nitrogens is 2. The molecule has 0 spiro atoms. The lowest BCUT2D eigenvalue weighted by molar-refractivity contribution is 0.0690. The van der Waals surface area contributed by atoms with Gasteiger partial charge in [-0.05, 0) is 25.8 Å². The Hall–Kier alpha value is -1.69. The second-order valence-corrected chi connectivity index (χ2v) is 3.79. The number of nitrogens with one attached hydrogen (secondary N) is 1. The van der Waals surface area contributed by atoms with Crippen LogP contribution in [-0.2, 0) is 0 Å². The molecule has 1 aromatic rings. The van der Waals surface area contributed by atoms with Crippen molar-refractivity contribution in [1.82, 2.24) is 9.97 Å². The first-order valence-corrected chi connectivity index (χ1v) is 5.53. The van der Waals surface area contributed by atoms with Crippen molar-refractivity contribution in [3.8, 4) is 0 Å².